The van der Waals surface area contributed by atoms with Gasteiger partial charge in [0, 0.05) is 32.0 Å². The number of carbonyl (C=O) groups is 1. The van der Waals surface area contributed by atoms with Crippen LogP contribution in [0.15, 0.2) is 5.38 Å². The maximum absolute atomic E-state index is 11.6. The molecule has 1 fully saturated rings. The van der Waals surface area contributed by atoms with Crippen molar-refractivity contribution in [1.82, 2.24) is 10.3 Å². The van der Waals surface area contributed by atoms with Gasteiger partial charge < -0.3 is 15.4 Å². The van der Waals surface area contributed by atoms with Crippen molar-refractivity contribution in [3.63, 3.8) is 0 Å². The second-order valence-electron chi connectivity index (χ2n) is 3.94. The van der Waals surface area contributed by atoms with Crippen molar-refractivity contribution in [3.05, 3.63) is 11.1 Å². The quantitative estimate of drug-likeness (QED) is 0.824. The molecule has 2 heterocycles. The highest BCUT2D eigenvalue weighted by molar-refractivity contribution is 7.13. The second kappa shape index (κ2) is 5.97. The normalized spacial score (nSPS) is 19.2. The highest BCUT2D eigenvalue weighted by Crippen LogP contribution is 2.14. The molecule has 0 aromatic carbocycles. The van der Waals surface area contributed by atoms with E-state index in [1.165, 1.54) is 0 Å². The summed E-state index contributed by atoms with van der Waals surface area (Å²) in [5, 5.41) is 8.78. The fourth-order valence-corrected chi connectivity index (χ4v) is 2.45. The monoisotopic (exact) mass is 255 g/mol. The first-order valence-electron chi connectivity index (χ1n) is 5.81. The van der Waals surface area contributed by atoms with E-state index in [9.17, 15) is 4.79 Å². The van der Waals surface area contributed by atoms with E-state index >= 15 is 0 Å². The summed E-state index contributed by atoms with van der Waals surface area (Å²) < 4.78 is 5.30. The van der Waals surface area contributed by atoms with Gasteiger partial charge in [-0.3, -0.25) is 4.79 Å². The van der Waals surface area contributed by atoms with Crippen LogP contribution in [0.4, 0.5) is 5.13 Å². The summed E-state index contributed by atoms with van der Waals surface area (Å²) in [6.07, 6.45) is 2.34. The number of rotatable bonds is 5. The van der Waals surface area contributed by atoms with Gasteiger partial charge in [-0.15, -0.1) is 11.3 Å². The molecule has 2 N–H and O–H groups in total. The lowest BCUT2D eigenvalue weighted by atomic mass is 10.2. The van der Waals surface area contributed by atoms with Crippen LogP contribution in [-0.4, -0.2) is 37.2 Å². The van der Waals surface area contributed by atoms with Crippen LogP contribution in [0.25, 0.3) is 0 Å². The molecule has 1 aliphatic rings. The maximum Gasteiger partial charge on any atom is 0.249 e. The number of nitrogens with one attached hydrogen (secondary N) is 2. The number of ether oxygens (including phenoxy) is 1. The SMILES string of the molecule is CNc1nc(CCNC(=O)C2CCCO2)cs1. The minimum Gasteiger partial charge on any atom is -0.368 e. The summed E-state index contributed by atoms with van der Waals surface area (Å²) in [5.41, 5.74) is 1.01. The molecule has 0 bridgehead atoms. The minimum atomic E-state index is -0.238. The molecule has 0 aliphatic carbocycles. The van der Waals surface area contributed by atoms with Crippen LogP contribution in [0.2, 0.25) is 0 Å². The zero-order chi connectivity index (χ0) is 12.1. The summed E-state index contributed by atoms with van der Waals surface area (Å²) in [6.45, 7) is 1.32. The van der Waals surface area contributed by atoms with Gasteiger partial charge in [-0.1, -0.05) is 0 Å². The van der Waals surface area contributed by atoms with Gasteiger partial charge in [0.2, 0.25) is 5.91 Å². The van der Waals surface area contributed by atoms with E-state index in [0.717, 1.165) is 30.1 Å². The van der Waals surface area contributed by atoms with Gasteiger partial charge in [0.15, 0.2) is 5.13 Å². The Morgan fingerprint density at radius 1 is 1.71 bits per heavy atom. The predicted molar refractivity (Wildman–Crippen MR) is 67.3 cm³/mol. The number of thiazole rings is 1. The van der Waals surface area contributed by atoms with E-state index in [4.69, 9.17) is 4.74 Å². The summed E-state index contributed by atoms with van der Waals surface area (Å²) >= 11 is 1.57. The van der Waals surface area contributed by atoms with Crippen LogP contribution in [0.3, 0.4) is 0 Å². The average Bonchev–Trinajstić information content (AvgIpc) is 3.00. The number of hydrogen-bond donors (Lipinski definition) is 2. The first kappa shape index (κ1) is 12.3. The number of anilines is 1. The van der Waals surface area contributed by atoms with Crippen LogP contribution < -0.4 is 10.6 Å². The third kappa shape index (κ3) is 3.41. The van der Waals surface area contributed by atoms with E-state index in [-0.39, 0.29) is 12.0 Å². The molecule has 1 unspecified atom stereocenters. The van der Waals surface area contributed by atoms with E-state index < -0.39 is 0 Å². The lowest BCUT2D eigenvalue weighted by molar-refractivity contribution is -0.129. The summed E-state index contributed by atoms with van der Waals surface area (Å²) in [5.74, 6) is 0.00608. The molecule has 0 saturated carbocycles. The standard InChI is InChI=1S/C11H17N3O2S/c1-12-11-14-8(7-17-11)4-5-13-10(15)9-3-2-6-16-9/h7,9H,2-6H2,1H3,(H,12,14)(H,13,15). The van der Waals surface area contributed by atoms with Gasteiger partial charge in [-0.25, -0.2) is 4.98 Å². The van der Waals surface area contributed by atoms with Gasteiger partial charge in [-0.05, 0) is 12.8 Å². The lowest BCUT2D eigenvalue weighted by Gasteiger charge is -2.09. The highest BCUT2D eigenvalue weighted by Gasteiger charge is 2.22. The van der Waals surface area contributed by atoms with Crippen molar-refractivity contribution in [2.45, 2.75) is 25.4 Å². The van der Waals surface area contributed by atoms with Crippen molar-refractivity contribution in [2.24, 2.45) is 0 Å². The van der Waals surface area contributed by atoms with Crippen LogP contribution in [0.5, 0.6) is 0 Å². The molecular formula is C11H17N3O2S. The number of hydrogen-bond acceptors (Lipinski definition) is 5. The molecule has 17 heavy (non-hydrogen) atoms. The largest absolute Gasteiger partial charge is 0.368 e. The van der Waals surface area contributed by atoms with Crippen molar-refractivity contribution in [2.75, 3.05) is 25.5 Å². The zero-order valence-corrected chi connectivity index (χ0v) is 10.7. The second-order valence-corrected chi connectivity index (χ2v) is 4.79. The number of amides is 1. The first-order valence-corrected chi connectivity index (χ1v) is 6.69. The molecule has 1 amide bonds. The molecule has 0 radical (unpaired) electrons. The first-order chi connectivity index (χ1) is 8.29. The molecule has 2 rings (SSSR count). The summed E-state index contributed by atoms with van der Waals surface area (Å²) in [4.78, 5) is 16.0. The lowest BCUT2D eigenvalue weighted by Crippen LogP contribution is -2.35. The summed E-state index contributed by atoms with van der Waals surface area (Å²) in [6, 6.07) is 0. The Bertz CT molecular complexity index is 375. The Hall–Kier alpha value is -1.14. The maximum atomic E-state index is 11.6. The predicted octanol–water partition coefficient (Wildman–Crippen LogP) is 1.02. The molecule has 5 nitrogen and oxygen atoms in total. The van der Waals surface area contributed by atoms with E-state index in [0.29, 0.717) is 13.2 Å². The smallest absolute Gasteiger partial charge is 0.249 e. The third-order valence-corrected chi connectivity index (χ3v) is 3.58. The molecule has 0 spiro atoms. The number of aromatic nitrogens is 1. The topological polar surface area (TPSA) is 63.2 Å². The van der Waals surface area contributed by atoms with Crippen molar-refractivity contribution in [1.29, 1.82) is 0 Å². The fourth-order valence-electron chi connectivity index (χ4n) is 1.75. The van der Waals surface area contributed by atoms with Crippen LogP contribution >= 0.6 is 11.3 Å². The van der Waals surface area contributed by atoms with Crippen molar-refractivity contribution >= 4 is 22.4 Å². The van der Waals surface area contributed by atoms with Gasteiger partial charge >= 0.3 is 0 Å². The van der Waals surface area contributed by atoms with Gasteiger partial charge in [-0.2, -0.15) is 0 Å². The zero-order valence-electron chi connectivity index (χ0n) is 9.86. The van der Waals surface area contributed by atoms with E-state index in [1.807, 2.05) is 12.4 Å². The third-order valence-electron chi connectivity index (χ3n) is 2.67. The van der Waals surface area contributed by atoms with E-state index in [2.05, 4.69) is 15.6 Å². The molecular weight excluding hydrogens is 238 g/mol. The van der Waals surface area contributed by atoms with Gasteiger partial charge in [0.05, 0.1) is 5.69 Å². The molecule has 1 saturated heterocycles. The Morgan fingerprint density at radius 2 is 2.59 bits per heavy atom. The Balaban J connectivity index is 1.69. The molecule has 94 valence electrons. The average molecular weight is 255 g/mol. The Labute approximate surface area is 105 Å². The Kier molecular flexibility index (Phi) is 4.33. The minimum absolute atomic E-state index is 0.00608. The van der Waals surface area contributed by atoms with Crippen molar-refractivity contribution < 1.29 is 9.53 Å². The van der Waals surface area contributed by atoms with Gasteiger partial charge in [0.25, 0.3) is 0 Å². The Morgan fingerprint density at radius 3 is 3.24 bits per heavy atom. The number of carbonyl (C=O) groups excluding carboxylic acids is 1. The molecule has 6 heteroatoms. The number of nitrogens with zero attached hydrogens (tertiary/aromatic N) is 1. The van der Waals surface area contributed by atoms with Crippen molar-refractivity contribution in [3.8, 4) is 0 Å². The van der Waals surface area contributed by atoms with E-state index in [1.54, 1.807) is 11.3 Å². The highest BCUT2D eigenvalue weighted by atomic mass is 32.1. The molecule has 1 aromatic rings. The summed E-state index contributed by atoms with van der Waals surface area (Å²) in [7, 11) is 1.85. The molecule has 1 aliphatic heterocycles. The van der Waals surface area contributed by atoms with Crippen LogP contribution in [0, 0.1) is 0 Å². The van der Waals surface area contributed by atoms with Crippen LogP contribution in [0.1, 0.15) is 18.5 Å². The molecule has 1 atom stereocenters. The van der Waals surface area contributed by atoms with Crippen LogP contribution in [-0.2, 0) is 16.0 Å². The molecule has 1 aromatic heterocycles. The fraction of sp³-hybridized carbons (Fsp3) is 0.636. The van der Waals surface area contributed by atoms with Gasteiger partial charge in [0.1, 0.15) is 6.10 Å².